The lowest BCUT2D eigenvalue weighted by molar-refractivity contribution is 0.306. The van der Waals surface area contributed by atoms with Crippen LogP contribution in [0.15, 0.2) is 29.2 Å². The third-order valence-electron chi connectivity index (χ3n) is 6.55. The molecule has 0 atom stereocenters. The minimum Gasteiger partial charge on any atom is -0.266 e. The van der Waals surface area contributed by atoms with Crippen molar-refractivity contribution in [2.24, 2.45) is 0 Å². The lowest BCUT2D eigenvalue weighted by atomic mass is 10.0. The van der Waals surface area contributed by atoms with Gasteiger partial charge in [-0.1, -0.05) is 147 Å². The number of hydrogen-bond donors (Lipinski definition) is 0. The first kappa shape index (κ1) is 30.2. The SMILES string of the molecule is CCCCCCCCCCCCCCCCCCCCCCOS(=O)(=O)c1ccc(C)cc1. The summed E-state index contributed by atoms with van der Waals surface area (Å²) in [6.45, 7) is 4.51. The number of rotatable bonds is 23. The van der Waals surface area contributed by atoms with Crippen molar-refractivity contribution < 1.29 is 12.6 Å². The van der Waals surface area contributed by atoms with Crippen molar-refractivity contribution in [2.75, 3.05) is 6.61 Å². The molecule has 0 fully saturated rings. The van der Waals surface area contributed by atoms with E-state index >= 15 is 0 Å². The van der Waals surface area contributed by atoms with Crippen LogP contribution >= 0.6 is 0 Å². The Morgan fingerprint density at radius 3 is 1.24 bits per heavy atom. The average Bonchev–Trinajstić information content (AvgIpc) is 2.80. The van der Waals surface area contributed by atoms with E-state index in [1.54, 1.807) is 24.3 Å². The Kier molecular flexibility index (Phi) is 18.7. The van der Waals surface area contributed by atoms with Crippen LogP contribution in [-0.2, 0) is 14.3 Å². The van der Waals surface area contributed by atoms with Gasteiger partial charge in [-0.3, -0.25) is 4.18 Å². The Bertz CT molecular complexity index is 652. The second-order valence-corrected chi connectivity index (χ2v) is 11.4. The van der Waals surface area contributed by atoms with Gasteiger partial charge in [0.25, 0.3) is 10.1 Å². The van der Waals surface area contributed by atoms with E-state index in [0.29, 0.717) is 0 Å². The maximum absolute atomic E-state index is 12.1. The molecule has 3 nitrogen and oxygen atoms in total. The van der Waals surface area contributed by atoms with E-state index in [0.717, 1.165) is 18.4 Å². The molecule has 1 rings (SSSR count). The topological polar surface area (TPSA) is 43.4 Å². The second-order valence-electron chi connectivity index (χ2n) is 9.81. The summed E-state index contributed by atoms with van der Waals surface area (Å²) < 4.78 is 29.4. The smallest absolute Gasteiger partial charge is 0.266 e. The number of benzene rings is 1. The van der Waals surface area contributed by atoms with E-state index in [4.69, 9.17) is 4.18 Å². The van der Waals surface area contributed by atoms with Crippen LogP contribution in [0.25, 0.3) is 0 Å². The van der Waals surface area contributed by atoms with Gasteiger partial charge in [0.1, 0.15) is 0 Å². The number of aryl methyl sites for hydroxylation is 1. The molecule has 1 aromatic carbocycles. The summed E-state index contributed by atoms with van der Waals surface area (Å²) in [6.07, 6.45) is 26.8. The standard InChI is InChI=1S/C29H52O3S/c1-3-4-5-6-7-8-9-10-11-12-13-14-15-16-17-18-19-20-21-22-27-32-33(30,31)29-25-23-28(2)24-26-29/h23-26H,3-22,27H2,1-2H3. The maximum atomic E-state index is 12.1. The van der Waals surface area contributed by atoms with Crippen molar-refractivity contribution in [3.05, 3.63) is 29.8 Å². The normalized spacial score (nSPS) is 11.8. The van der Waals surface area contributed by atoms with Gasteiger partial charge in [-0.15, -0.1) is 0 Å². The predicted octanol–water partition coefficient (Wildman–Crippen LogP) is 9.52. The second kappa shape index (κ2) is 20.5. The van der Waals surface area contributed by atoms with Crippen LogP contribution in [0.4, 0.5) is 0 Å². The molecule has 192 valence electrons. The van der Waals surface area contributed by atoms with Gasteiger partial charge in [0.2, 0.25) is 0 Å². The minimum absolute atomic E-state index is 0.251. The van der Waals surface area contributed by atoms with Crippen LogP contribution in [0, 0.1) is 6.92 Å². The summed E-state index contributed by atoms with van der Waals surface area (Å²) in [4.78, 5) is 0.251. The van der Waals surface area contributed by atoms with Gasteiger partial charge in [0.15, 0.2) is 0 Å². The van der Waals surface area contributed by atoms with Crippen LogP contribution < -0.4 is 0 Å². The molecule has 0 aliphatic carbocycles. The highest BCUT2D eigenvalue weighted by molar-refractivity contribution is 7.86. The number of hydrogen-bond acceptors (Lipinski definition) is 3. The highest BCUT2D eigenvalue weighted by Gasteiger charge is 2.14. The quantitative estimate of drug-likeness (QED) is 0.116. The molecule has 0 amide bonds. The Balaban J connectivity index is 1.79. The van der Waals surface area contributed by atoms with Gasteiger partial charge in [-0.2, -0.15) is 8.42 Å². The minimum atomic E-state index is -3.60. The van der Waals surface area contributed by atoms with E-state index < -0.39 is 10.1 Å². The van der Waals surface area contributed by atoms with Gasteiger partial charge < -0.3 is 0 Å². The van der Waals surface area contributed by atoms with E-state index in [2.05, 4.69) is 6.92 Å². The van der Waals surface area contributed by atoms with Crippen molar-refractivity contribution in [1.82, 2.24) is 0 Å². The van der Waals surface area contributed by atoms with Crippen LogP contribution in [0.5, 0.6) is 0 Å². The largest absolute Gasteiger partial charge is 0.296 e. The molecule has 0 unspecified atom stereocenters. The molecule has 0 aliphatic heterocycles. The van der Waals surface area contributed by atoms with Crippen LogP contribution in [0.2, 0.25) is 0 Å². The molecule has 0 saturated heterocycles. The van der Waals surface area contributed by atoms with E-state index in [9.17, 15) is 8.42 Å². The zero-order valence-electron chi connectivity index (χ0n) is 21.8. The third kappa shape index (κ3) is 17.3. The van der Waals surface area contributed by atoms with E-state index in [1.807, 2.05) is 6.92 Å². The molecule has 0 aromatic heterocycles. The third-order valence-corrected chi connectivity index (χ3v) is 7.87. The maximum Gasteiger partial charge on any atom is 0.296 e. The summed E-state index contributed by atoms with van der Waals surface area (Å²) in [5.41, 5.74) is 1.04. The molecule has 0 heterocycles. The summed E-state index contributed by atoms with van der Waals surface area (Å²) in [5.74, 6) is 0. The summed E-state index contributed by atoms with van der Waals surface area (Å²) in [6, 6.07) is 6.83. The van der Waals surface area contributed by atoms with Gasteiger partial charge in [-0.05, 0) is 25.5 Å². The molecular formula is C29H52O3S. The van der Waals surface area contributed by atoms with Crippen LogP contribution in [0.1, 0.15) is 141 Å². The van der Waals surface area contributed by atoms with Crippen molar-refractivity contribution in [3.8, 4) is 0 Å². The zero-order valence-corrected chi connectivity index (χ0v) is 22.6. The van der Waals surface area contributed by atoms with Crippen molar-refractivity contribution in [1.29, 1.82) is 0 Å². The van der Waals surface area contributed by atoms with Crippen molar-refractivity contribution >= 4 is 10.1 Å². The molecular weight excluding hydrogens is 428 g/mol. The Hall–Kier alpha value is -0.870. The summed E-state index contributed by atoms with van der Waals surface area (Å²) >= 11 is 0. The van der Waals surface area contributed by atoms with Gasteiger partial charge in [-0.25, -0.2) is 0 Å². The fourth-order valence-electron chi connectivity index (χ4n) is 4.30. The average molecular weight is 481 g/mol. The number of unbranched alkanes of at least 4 members (excludes halogenated alkanes) is 19. The highest BCUT2D eigenvalue weighted by Crippen LogP contribution is 2.16. The summed E-state index contributed by atoms with van der Waals surface area (Å²) in [7, 11) is -3.60. The molecule has 0 N–H and O–H groups in total. The fourth-order valence-corrected chi connectivity index (χ4v) is 5.24. The molecule has 1 aromatic rings. The van der Waals surface area contributed by atoms with E-state index in [1.165, 1.54) is 116 Å². The molecule has 0 bridgehead atoms. The Labute approximate surface area is 206 Å². The molecule has 33 heavy (non-hydrogen) atoms. The highest BCUT2D eigenvalue weighted by atomic mass is 32.2. The van der Waals surface area contributed by atoms with Crippen LogP contribution in [-0.4, -0.2) is 15.0 Å². The molecule has 4 heteroatoms. The van der Waals surface area contributed by atoms with Crippen molar-refractivity contribution in [2.45, 2.75) is 147 Å². The first-order valence-corrected chi connectivity index (χ1v) is 15.4. The van der Waals surface area contributed by atoms with Gasteiger partial charge in [0.05, 0.1) is 11.5 Å². The fraction of sp³-hybridized carbons (Fsp3) is 0.793. The monoisotopic (exact) mass is 480 g/mol. The zero-order chi connectivity index (χ0) is 24.0. The first-order chi connectivity index (χ1) is 16.1. The Morgan fingerprint density at radius 2 is 0.879 bits per heavy atom. The molecule has 0 saturated carbocycles. The molecule has 0 aliphatic rings. The first-order valence-electron chi connectivity index (χ1n) is 14.0. The van der Waals surface area contributed by atoms with E-state index in [-0.39, 0.29) is 11.5 Å². The van der Waals surface area contributed by atoms with Gasteiger partial charge in [0, 0.05) is 0 Å². The molecule has 0 radical (unpaired) electrons. The van der Waals surface area contributed by atoms with Crippen LogP contribution in [0.3, 0.4) is 0 Å². The predicted molar refractivity (Wildman–Crippen MR) is 142 cm³/mol. The Morgan fingerprint density at radius 1 is 0.545 bits per heavy atom. The lowest BCUT2D eigenvalue weighted by Gasteiger charge is -2.06. The lowest BCUT2D eigenvalue weighted by Crippen LogP contribution is -2.07. The van der Waals surface area contributed by atoms with Crippen molar-refractivity contribution in [3.63, 3.8) is 0 Å². The summed E-state index contributed by atoms with van der Waals surface area (Å²) in [5, 5.41) is 0. The van der Waals surface area contributed by atoms with Gasteiger partial charge >= 0.3 is 0 Å². The molecule has 0 spiro atoms.